The number of nitrogens with zero attached hydrogens (tertiary/aromatic N) is 7. The highest BCUT2D eigenvalue weighted by atomic mass is 32.2. The largest absolute Gasteiger partial charge is 0.420 e. The smallest absolute Gasteiger partial charge is 0.253 e. The second-order valence-electron chi connectivity index (χ2n) is 6.96. The van der Waals surface area contributed by atoms with E-state index in [1.807, 2.05) is 41.9 Å². The summed E-state index contributed by atoms with van der Waals surface area (Å²) in [5, 5.41) is 25.5. The van der Waals surface area contributed by atoms with Gasteiger partial charge in [-0.3, -0.25) is 0 Å². The molecule has 1 aliphatic carbocycles. The summed E-state index contributed by atoms with van der Waals surface area (Å²) in [6.45, 7) is 1.84. The molecule has 1 fully saturated rings. The van der Waals surface area contributed by atoms with Crippen molar-refractivity contribution in [1.82, 2.24) is 35.6 Å². The zero-order valence-electron chi connectivity index (χ0n) is 15.9. The minimum absolute atomic E-state index is 0.388. The molecule has 0 aliphatic heterocycles. The van der Waals surface area contributed by atoms with Gasteiger partial charge < -0.3 is 8.94 Å². The van der Waals surface area contributed by atoms with Gasteiger partial charge in [-0.1, -0.05) is 60.1 Å². The SMILES string of the molecule is Cc1onc(-c2ccccc2)c1-c1nnc(CSc2nnnn2C2CCCC2)o1. The van der Waals surface area contributed by atoms with Crippen LogP contribution in [0.1, 0.15) is 43.4 Å². The second-order valence-corrected chi connectivity index (χ2v) is 7.90. The maximum Gasteiger partial charge on any atom is 0.253 e. The van der Waals surface area contributed by atoms with Crippen molar-refractivity contribution in [3.8, 4) is 22.7 Å². The maximum atomic E-state index is 5.91. The molecule has 5 rings (SSSR count). The Bertz CT molecular complexity index is 1100. The summed E-state index contributed by atoms with van der Waals surface area (Å²) in [5.74, 6) is 2.03. The van der Waals surface area contributed by atoms with Gasteiger partial charge >= 0.3 is 0 Å². The Hall–Kier alpha value is -3.01. The summed E-state index contributed by atoms with van der Waals surface area (Å²) in [6, 6.07) is 10.2. The first-order chi connectivity index (χ1) is 14.3. The van der Waals surface area contributed by atoms with Crippen LogP contribution in [-0.4, -0.2) is 35.6 Å². The lowest BCUT2D eigenvalue weighted by Crippen LogP contribution is -2.08. The molecule has 0 atom stereocenters. The lowest BCUT2D eigenvalue weighted by molar-refractivity contribution is 0.399. The molecular formula is C19H19N7O2S. The molecule has 1 aromatic carbocycles. The normalized spacial score (nSPS) is 14.7. The van der Waals surface area contributed by atoms with E-state index < -0.39 is 0 Å². The highest BCUT2D eigenvalue weighted by molar-refractivity contribution is 7.98. The molecule has 3 heterocycles. The van der Waals surface area contributed by atoms with Crippen LogP contribution >= 0.6 is 11.8 Å². The minimum Gasteiger partial charge on any atom is -0.420 e. The van der Waals surface area contributed by atoms with Crippen molar-refractivity contribution in [3.05, 3.63) is 42.0 Å². The summed E-state index contributed by atoms with van der Waals surface area (Å²) in [4.78, 5) is 0. The van der Waals surface area contributed by atoms with Gasteiger partial charge in [-0.15, -0.1) is 15.3 Å². The third-order valence-corrected chi connectivity index (χ3v) is 5.97. The molecule has 148 valence electrons. The van der Waals surface area contributed by atoms with Gasteiger partial charge in [0, 0.05) is 5.56 Å². The van der Waals surface area contributed by atoms with Crippen molar-refractivity contribution in [1.29, 1.82) is 0 Å². The highest BCUT2D eigenvalue weighted by Gasteiger charge is 2.24. The van der Waals surface area contributed by atoms with Crippen molar-refractivity contribution >= 4 is 11.8 Å². The average Bonchev–Trinajstić information content (AvgIpc) is 3.52. The van der Waals surface area contributed by atoms with Crippen molar-refractivity contribution in [3.63, 3.8) is 0 Å². The number of hydrogen-bond acceptors (Lipinski definition) is 9. The fraction of sp³-hybridized carbons (Fsp3) is 0.368. The number of tetrazole rings is 1. The third kappa shape index (κ3) is 3.55. The topological polar surface area (TPSA) is 109 Å². The quantitative estimate of drug-likeness (QED) is 0.435. The van der Waals surface area contributed by atoms with E-state index in [1.54, 1.807) is 0 Å². The van der Waals surface area contributed by atoms with Crippen molar-refractivity contribution < 1.29 is 8.94 Å². The fourth-order valence-corrected chi connectivity index (χ4v) is 4.40. The highest BCUT2D eigenvalue weighted by Crippen LogP contribution is 2.35. The van der Waals surface area contributed by atoms with Crippen LogP contribution in [0.3, 0.4) is 0 Å². The molecular weight excluding hydrogens is 390 g/mol. The average molecular weight is 409 g/mol. The summed E-state index contributed by atoms with van der Waals surface area (Å²) in [5.41, 5.74) is 2.34. The molecule has 1 saturated carbocycles. The van der Waals surface area contributed by atoms with Crippen LogP contribution in [0.15, 0.2) is 44.4 Å². The van der Waals surface area contributed by atoms with Crippen LogP contribution in [0, 0.1) is 6.92 Å². The molecule has 0 radical (unpaired) electrons. The van der Waals surface area contributed by atoms with Gasteiger partial charge in [-0.05, 0) is 30.2 Å². The van der Waals surface area contributed by atoms with Crippen molar-refractivity contribution in [2.75, 3.05) is 0 Å². The van der Waals surface area contributed by atoms with E-state index in [0.717, 1.165) is 29.1 Å². The van der Waals surface area contributed by atoms with Crippen LogP contribution in [0.4, 0.5) is 0 Å². The van der Waals surface area contributed by atoms with E-state index in [4.69, 9.17) is 8.94 Å². The monoisotopic (exact) mass is 409 g/mol. The Morgan fingerprint density at radius 1 is 1.10 bits per heavy atom. The molecule has 0 saturated heterocycles. The van der Waals surface area contributed by atoms with E-state index in [1.165, 1.54) is 24.6 Å². The molecule has 10 heteroatoms. The zero-order chi connectivity index (χ0) is 19.6. The molecule has 0 bridgehead atoms. The number of hydrogen-bond donors (Lipinski definition) is 0. The first-order valence-corrected chi connectivity index (χ1v) is 10.5. The molecule has 9 nitrogen and oxygen atoms in total. The first kappa shape index (κ1) is 18.0. The van der Waals surface area contributed by atoms with Gasteiger partial charge in [0.05, 0.1) is 11.8 Å². The van der Waals surface area contributed by atoms with Crippen LogP contribution < -0.4 is 0 Å². The minimum atomic E-state index is 0.388. The van der Waals surface area contributed by atoms with Gasteiger partial charge in [-0.25, -0.2) is 4.68 Å². The summed E-state index contributed by atoms with van der Waals surface area (Å²) in [7, 11) is 0. The van der Waals surface area contributed by atoms with E-state index >= 15 is 0 Å². The summed E-state index contributed by atoms with van der Waals surface area (Å²) in [6.07, 6.45) is 4.70. The summed E-state index contributed by atoms with van der Waals surface area (Å²) < 4.78 is 13.2. The fourth-order valence-electron chi connectivity index (χ4n) is 3.61. The van der Waals surface area contributed by atoms with Crippen LogP contribution in [0.5, 0.6) is 0 Å². The Kier molecular flexibility index (Phi) is 4.84. The predicted octanol–water partition coefficient (Wildman–Crippen LogP) is 4.09. The number of benzene rings is 1. The molecule has 0 unspecified atom stereocenters. The zero-order valence-corrected chi connectivity index (χ0v) is 16.7. The van der Waals surface area contributed by atoms with E-state index in [0.29, 0.717) is 35.0 Å². The number of aryl methyl sites for hydroxylation is 1. The van der Waals surface area contributed by atoms with Crippen molar-refractivity contribution in [2.24, 2.45) is 0 Å². The molecule has 29 heavy (non-hydrogen) atoms. The van der Waals surface area contributed by atoms with Gasteiger partial charge in [0.15, 0.2) is 0 Å². The number of rotatable bonds is 6. The Balaban J connectivity index is 1.35. The Morgan fingerprint density at radius 3 is 2.76 bits per heavy atom. The standard InChI is InChI=1S/C19H19N7O2S/c1-12-16(17(23-28-12)13-7-3-2-4-8-13)18-21-20-15(27-18)11-29-19-22-24-25-26(19)14-9-5-6-10-14/h2-4,7-8,14H,5-6,9-11H2,1H3. The lowest BCUT2D eigenvalue weighted by atomic mass is 10.1. The predicted molar refractivity (Wildman–Crippen MR) is 105 cm³/mol. The van der Waals surface area contributed by atoms with Crippen LogP contribution in [0.2, 0.25) is 0 Å². The van der Waals surface area contributed by atoms with Crippen LogP contribution in [-0.2, 0) is 5.75 Å². The van der Waals surface area contributed by atoms with Crippen LogP contribution in [0.25, 0.3) is 22.7 Å². The first-order valence-electron chi connectivity index (χ1n) is 9.54. The van der Waals surface area contributed by atoms with Gasteiger partial charge in [0.25, 0.3) is 5.89 Å². The Labute approximate surface area is 170 Å². The maximum absolute atomic E-state index is 5.91. The van der Waals surface area contributed by atoms with E-state index in [2.05, 4.69) is 30.9 Å². The molecule has 1 aliphatic rings. The molecule has 3 aromatic heterocycles. The summed E-state index contributed by atoms with van der Waals surface area (Å²) >= 11 is 1.50. The van der Waals surface area contributed by atoms with E-state index in [9.17, 15) is 0 Å². The number of aromatic nitrogens is 7. The molecule has 0 amide bonds. The number of thioether (sulfide) groups is 1. The Morgan fingerprint density at radius 2 is 1.93 bits per heavy atom. The second kappa shape index (κ2) is 7.78. The third-order valence-electron chi connectivity index (χ3n) is 5.05. The van der Waals surface area contributed by atoms with Gasteiger partial charge in [0.2, 0.25) is 11.0 Å². The van der Waals surface area contributed by atoms with Gasteiger partial charge in [0.1, 0.15) is 17.0 Å². The molecule has 0 N–H and O–H groups in total. The van der Waals surface area contributed by atoms with Gasteiger partial charge in [-0.2, -0.15) is 0 Å². The van der Waals surface area contributed by atoms with Crippen molar-refractivity contribution in [2.45, 2.75) is 49.6 Å². The van der Waals surface area contributed by atoms with E-state index in [-0.39, 0.29) is 0 Å². The lowest BCUT2D eigenvalue weighted by Gasteiger charge is -2.09. The molecule has 4 aromatic rings. The molecule has 0 spiro atoms.